The van der Waals surface area contributed by atoms with Crippen LogP contribution in [0.25, 0.3) is 0 Å². The van der Waals surface area contributed by atoms with Crippen LogP contribution in [0, 0.1) is 6.92 Å². The lowest BCUT2D eigenvalue weighted by molar-refractivity contribution is -0.118. The second-order valence-corrected chi connectivity index (χ2v) is 6.90. The average molecular weight is 353 g/mol. The number of benzene rings is 2. The second kappa shape index (κ2) is 7.98. The van der Waals surface area contributed by atoms with Gasteiger partial charge in [-0.15, -0.1) is 5.10 Å². The number of amides is 1. The minimum atomic E-state index is -0.170. The molecule has 1 N–H and O–H groups in total. The highest BCUT2D eigenvalue weighted by atomic mass is 32.2. The predicted molar refractivity (Wildman–Crippen MR) is 102 cm³/mol. The molecular weight excluding hydrogens is 334 g/mol. The zero-order valence-corrected chi connectivity index (χ0v) is 14.9. The Labute approximate surface area is 151 Å². The maximum Gasteiger partial charge on any atom is 0.239 e. The third kappa shape index (κ3) is 4.70. The fourth-order valence-electron chi connectivity index (χ4n) is 2.48. The molecule has 2 aromatic carbocycles. The zero-order chi connectivity index (χ0) is 17.6. The van der Waals surface area contributed by atoms with Crippen LogP contribution >= 0.6 is 11.8 Å². The quantitative estimate of drug-likeness (QED) is 0.663. The molecule has 1 atom stereocenters. The van der Waals surface area contributed by atoms with E-state index in [2.05, 4.69) is 21.6 Å². The molecule has 5 nitrogen and oxygen atoms in total. The molecule has 0 spiro atoms. The molecule has 2 aromatic rings. The van der Waals surface area contributed by atoms with E-state index in [4.69, 9.17) is 4.74 Å². The molecule has 0 aliphatic carbocycles. The monoisotopic (exact) mass is 353 g/mol. The normalized spacial score (nSPS) is 18.7. The van der Waals surface area contributed by atoms with Crippen molar-refractivity contribution in [3.63, 3.8) is 0 Å². The molecule has 1 fully saturated rings. The Morgan fingerprint density at radius 1 is 1.24 bits per heavy atom. The van der Waals surface area contributed by atoms with E-state index in [0.29, 0.717) is 11.6 Å². The second-order valence-electron chi connectivity index (χ2n) is 5.71. The highest BCUT2D eigenvalue weighted by Crippen LogP contribution is 2.23. The average Bonchev–Trinajstić information content (AvgIpc) is 2.95. The summed E-state index contributed by atoms with van der Waals surface area (Å²) >= 11 is 1.42. The Morgan fingerprint density at radius 3 is 2.76 bits per heavy atom. The van der Waals surface area contributed by atoms with E-state index < -0.39 is 0 Å². The van der Waals surface area contributed by atoms with Crippen molar-refractivity contribution in [1.29, 1.82) is 0 Å². The van der Waals surface area contributed by atoms with Gasteiger partial charge in [-0.05, 0) is 48.7 Å². The molecule has 0 bridgehead atoms. The molecule has 1 heterocycles. The van der Waals surface area contributed by atoms with E-state index in [0.717, 1.165) is 16.9 Å². The molecule has 3 rings (SSSR count). The maximum absolute atomic E-state index is 12.1. The molecule has 1 amide bonds. The van der Waals surface area contributed by atoms with Crippen molar-refractivity contribution in [2.24, 2.45) is 10.2 Å². The summed E-state index contributed by atoms with van der Waals surface area (Å²) < 4.78 is 5.11. The van der Waals surface area contributed by atoms with Crippen LogP contribution in [-0.2, 0) is 11.2 Å². The van der Waals surface area contributed by atoms with Crippen molar-refractivity contribution in [2.75, 3.05) is 7.11 Å². The van der Waals surface area contributed by atoms with Crippen molar-refractivity contribution in [3.05, 3.63) is 65.2 Å². The minimum absolute atomic E-state index is 0.0232. The molecular formula is C19H19N3O2S. The van der Waals surface area contributed by atoms with E-state index in [1.807, 2.05) is 49.4 Å². The van der Waals surface area contributed by atoms with Crippen LogP contribution in [0.15, 0.2) is 58.7 Å². The molecule has 1 aliphatic rings. The lowest BCUT2D eigenvalue weighted by Crippen LogP contribution is -2.25. The van der Waals surface area contributed by atoms with Gasteiger partial charge in [0.1, 0.15) is 5.75 Å². The number of aryl methyl sites for hydroxylation is 1. The SMILES string of the molecule is COc1ccc(/C=N/N=C2\NC(=O)[C@H](Cc3cccc(C)c3)S2)cc1. The Bertz CT molecular complexity index is 816. The molecule has 128 valence electrons. The van der Waals surface area contributed by atoms with Crippen LogP contribution < -0.4 is 10.1 Å². The smallest absolute Gasteiger partial charge is 0.239 e. The third-order valence-electron chi connectivity index (χ3n) is 3.75. The van der Waals surface area contributed by atoms with E-state index in [1.54, 1.807) is 13.3 Å². The van der Waals surface area contributed by atoms with Gasteiger partial charge in [0.15, 0.2) is 5.17 Å². The summed E-state index contributed by atoms with van der Waals surface area (Å²) in [6.07, 6.45) is 2.33. The maximum atomic E-state index is 12.1. The number of carbonyl (C=O) groups is 1. The van der Waals surface area contributed by atoms with Gasteiger partial charge in [-0.1, -0.05) is 41.6 Å². The van der Waals surface area contributed by atoms with Gasteiger partial charge in [-0.2, -0.15) is 5.10 Å². The number of rotatable bonds is 5. The fraction of sp³-hybridized carbons (Fsp3) is 0.211. The number of nitrogens with zero attached hydrogens (tertiary/aromatic N) is 2. The number of nitrogens with one attached hydrogen (secondary N) is 1. The largest absolute Gasteiger partial charge is 0.497 e. The number of carbonyl (C=O) groups excluding carboxylic acids is 1. The number of hydrogen-bond donors (Lipinski definition) is 1. The van der Waals surface area contributed by atoms with Gasteiger partial charge in [-0.25, -0.2) is 0 Å². The molecule has 0 saturated carbocycles. The first-order valence-corrected chi connectivity index (χ1v) is 8.80. The lowest BCUT2D eigenvalue weighted by atomic mass is 10.1. The molecule has 0 radical (unpaired) electrons. The van der Waals surface area contributed by atoms with Gasteiger partial charge in [-0.3, -0.25) is 4.79 Å². The summed E-state index contributed by atoms with van der Waals surface area (Å²) in [4.78, 5) is 12.1. The summed E-state index contributed by atoms with van der Waals surface area (Å²) in [6, 6.07) is 15.7. The van der Waals surface area contributed by atoms with Crippen molar-refractivity contribution >= 4 is 29.1 Å². The van der Waals surface area contributed by atoms with Crippen LogP contribution in [0.3, 0.4) is 0 Å². The van der Waals surface area contributed by atoms with Crippen LogP contribution in [0.2, 0.25) is 0 Å². The first kappa shape index (κ1) is 17.2. The van der Waals surface area contributed by atoms with Crippen LogP contribution in [0.5, 0.6) is 5.75 Å². The Hall–Kier alpha value is -2.60. The highest BCUT2D eigenvalue weighted by molar-refractivity contribution is 8.15. The summed E-state index contributed by atoms with van der Waals surface area (Å²) in [5.41, 5.74) is 3.25. The van der Waals surface area contributed by atoms with Crippen molar-refractivity contribution in [3.8, 4) is 5.75 Å². The third-order valence-corrected chi connectivity index (χ3v) is 4.82. The molecule has 6 heteroatoms. The van der Waals surface area contributed by atoms with Gasteiger partial charge in [0.25, 0.3) is 0 Å². The summed E-state index contributed by atoms with van der Waals surface area (Å²) in [5.74, 6) is 0.769. The van der Waals surface area contributed by atoms with Crippen molar-refractivity contribution in [1.82, 2.24) is 5.32 Å². The van der Waals surface area contributed by atoms with E-state index in [9.17, 15) is 4.79 Å². The molecule has 0 unspecified atom stereocenters. The van der Waals surface area contributed by atoms with Gasteiger partial charge in [0, 0.05) is 0 Å². The summed E-state index contributed by atoms with van der Waals surface area (Å²) in [7, 11) is 1.63. The lowest BCUT2D eigenvalue weighted by Gasteiger charge is -2.05. The minimum Gasteiger partial charge on any atom is -0.497 e. The molecule has 25 heavy (non-hydrogen) atoms. The molecule has 1 saturated heterocycles. The zero-order valence-electron chi connectivity index (χ0n) is 14.1. The molecule has 1 aliphatic heterocycles. The van der Waals surface area contributed by atoms with E-state index in [1.165, 1.54) is 17.3 Å². The van der Waals surface area contributed by atoms with E-state index in [-0.39, 0.29) is 11.2 Å². The summed E-state index contributed by atoms with van der Waals surface area (Å²) in [6.45, 7) is 2.05. The first-order valence-electron chi connectivity index (χ1n) is 7.92. The predicted octanol–water partition coefficient (Wildman–Crippen LogP) is 3.17. The van der Waals surface area contributed by atoms with Gasteiger partial charge in [0.2, 0.25) is 5.91 Å². The summed E-state index contributed by atoms with van der Waals surface area (Å²) in [5, 5.41) is 11.3. The number of amidine groups is 1. The Balaban J connectivity index is 1.61. The fourth-order valence-corrected chi connectivity index (χ4v) is 3.44. The van der Waals surface area contributed by atoms with Crippen molar-refractivity contribution < 1.29 is 9.53 Å². The topological polar surface area (TPSA) is 63.1 Å². The van der Waals surface area contributed by atoms with Gasteiger partial charge >= 0.3 is 0 Å². The van der Waals surface area contributed by atoms with Gasteiger partial charge < -0.3 is 10.1 Å². The van der Waals surface area contributed by atoms with Gasteiger partial charge in [0.05, 0.1) is 18.6 Å². The number of hydrogen-bond acceptors (Lipinski definition) is 5. The first-order chi connectivity index (χ1) is 12.1. The van der Waals surface area contributed by atoms with Crippen LogP contribution in [0.4, 0.5) is 0 Å². The molecule has 0 aromatic heterocycles. The Morgan fingerprint density at radius 2 is 2.04 bits per heavy atom. The Kier molecular flexibility index (Phi) is 5.50. The van der Waals surface area contributed by atoms with Crippen LogP contribution in [0.1, 0.15) is 16.7 Å². The van der Waals surface area contributed by atoms with Crippen LogP contribution in [-0.4, -0.2) is 29.6 Å². The van der Waals surface area contributed by atoms with E-state index >= 15 is 0 Å². The number of thioether (sulfide) groups is 1. The number of methoxy groups -OCH3 is 1. The highest BCUT2D eigenvalue weighted by Gasteiger charge is 2.30. The van der Waals surface area contributed by atoms with Crippen molar-refractivity contribution in [2.45, 2.75) is 18.6 Å². The standard InChI is InChI=1S/C19H19N3O2S/c1-13-4-3-5-15(10-13)11-17-18(23)21-19(25-17)22-20-12-14-6-8-16(24-2)9-7-14/h3-10,12,17H,11H2,1-2H3,(H,21,22,23)/b20-12+/t17-/m0/s1. The number of ether oxygens (including phenoxy) is 1.